The number of hydrogen-bond donors (Lipinski definition) is 2. The van der Waals surface area contributed by atoms with E-state index in [1.54, 1.807) is 32.9 Å². The first-order valence-electron chi connectivity index (χ1n) is 6.95. The van der Waals surface area contributed by atoms with E-state index in [4.69, 9.17) is 22.1 Å². The molecule has 2 rings (SSSR count). The van der Waals surface area contributed by atoms with Gasteiger partial charge in [0.1, 0.15) is 5.60 Å². The molecule has 0 aromatic carbocycles. The van der Waals surface area contributed by atoms with E-state index >= 15 is 0 Å². The number of carbonyl (C=O) groups is 2. The van der Waals surface area contributed by atoms with Crippen molar-refractivity contribution in [3.8, 4) is 0 Å². The minimum Gasteiger partial charge on any atom is -0.444 e. The van der Waals surface area contributed by atoms with Crippen molar-refractivity contribution in [1.82, 2.24) is 10.2 Å². The van der Waals surface area contributed by atoms with Crippen molar-refractivity contribution < 1.29 is 14.3 Å². The highest BCUT2D eigenvalue weighted by molar-refractivity contribution is 7.17. The molecule has 2 amide bonds. The molecule has 1 aromatic rings. The third-order valence-electron chi connectivity index (χ3n) is 3.13. The predicted molar refractivity (Wildman–Crippen MR) is 86.4 cm³/mol. The molecule has 2 atom stereocenters. The second-order valence-electron chi connectivity index (χ2n) is 6.23. The van der Waals surface area contributed by atoms with Gasteiger partial charge in [-0.05, 0) is 32.9 Å². The SMILES string of the molecule is CC(C)(C)OC(=O)N1CC(N)C(NC(=O)c2ccc(Cl)s2)C1. The van der Waals surface area contributed by atoms with Crippen molar-refractivity contribution in [3.63, 3.8) is 0 Å². The maximum atomic E-state index is 12.1. The van der Waals surface area contributed by atoms with Crippen molar-refractivity contribution >= 4 is 34.9 Å². The van der Waals surface area contributed by atoms with Gasteiger partial charge >= 0.3 is 6.09 Å². The number of halogens is 1. The van der Waals surface area contributed by atoms with Gasteiger partial charge in [0.15, 0.2) is 0 Å². The molecule has 0 saturated carbocycles. The molecular weight excluding hydrogens is 326 g/mol. The molecule has 1 fully saturated rings. The summed E-state index contributed by atoms with van der Waals surface area (Å²) in [6.45, 7) is 6.11. The first-order chi connectivity index (χ1) is 10.2. The van der Waals surface area contributed by atoms with Gasteiger partial charge in [-0.2, -0.15) is 0 Å². The van der Waals surface area contributed by atoms with Gasteiger partial charge in [-0.15, -0.1) is 11.3 Å². The maximum absolute atomic E-state index is 12.1. The molecule has 1 aliphatic heterocycles. The highest BCUT2D eigenvalue weighted by atomic mass is 35.5. The van der Waals surface area contributed by atoms with E-state index in [1.807, 2.05) is 0 Å². The van der Waals surface area contributed by atoms with Gasteiger partial charge in [-0.1, -0.05) is 11.6 Å². The topological polar surface area (TPSA) is 84.7 Å². The lowest BCUT2D eigenvalue weighted by atomic mass is 10.2. The zero-order valence-electron chi connectivity index (χ0n) is 12.8. The molecule has 0 aliphatic carbocycles. The van der Waals surface area contributed by atoms with Crippen molar-refractivity contribution in [2.75, 3.05) is 13.1 Å². The highest BCUT2D eigenvalue weighted by Crippen LogP contribution is 2.22. The normalized spacial score (nSPS) is 21.8. The molecule has 2 unspecified atom stereocenters. The number of rotatable bonds is 2. The first-order valence-corrected chi connectivity index (χ1v) is 8.15. The van der Waals surface area contributed by atoms with Gasteiger partial charge in [0.05, 0.1) is 15.3 Å². The Balaban J connectivity index is 1.94. The fraction of sp³-hybridized carbons (Fsp3) is 0.571. The Kier molecular flexibility index (Phi) is 4.99. The van der Waals surface area contributed by atoms with Crippen molar-refractivity contribution in [3.05, 3.63) is 21.3 Å². The summed E-state index contributed by atoms with van der Waals surface area (Å²) in [5, 5.41) is 2.84. The molecule has 1 saturated heterocycles. The summed E-state index contributed by atoms with van der Waals surface area (Å²) in [6, 6.07) is 2.70. The number of thiophene rings is 1. The minimum absolute atomic E-state index is 0.233. The molecule has 1 aromatic heterocycles. The summed E-state index contributed by atoms with van der Waals surface area (Å²) in [4.78, 5) is 26.2. The molecule has 122 valence electrons. The van der Waals surface area contributed by atoms with Gasteiger partial charge in [0.25, 0.3) is 5.91 Å². The van der Waals surface area contributed by atoms with E-state index in [9.17, 15) is 9.59 Å². The number of nitrogens with two attached hydrogens (primary N) is 1. The number of carbonyl (C=O) groups excluding carboxylic acids is 2. The summed E-state index contributed by atoms with van der Waals surface area (Å²) < 4.78 is 5.87. The van der Waals surface area contributed by atoms with Crippen LogP contribution in [0.25, 0.3) is 0 Å². The van der Waals surface area contributed by atoms with Crippen LogP contribution in [0.15, 0.2) is 12.1 Å². The molecule has 3 N–H and O–H groups in total. The van der Waals surface area contributed by atoms with E-state index in [0.717, 1.165) is 0 Å². The second kappa shape index (κ2) is 6.44. The van der Waals surface area contributed by atoms with Crippen molar-refractivity contribution in [1.29, 1.82) is 0 Å². The fourth-order valence-corrected chi connectivity index (χ4v) is 3.08. The Morgan fingerprint density at radius 3 is 2.64 bits per heavy atom. The predicted octanol–water partition coefficient (Wildman–Crippen LogP) is 2.08. The molecular formula is C14H20ClN3O3S. The Labute approximate surface area is 138 Å². The summed E-state index contributed by atoms with van der Waals surface area (Å²) in [7, 11) is 0. The van der Waals surface area contributed by atoms with Crippen molar-refractivity contribution in [2.24, 2.45) is 5.73 Å². The minimum atomic E-state index is -0.559. The molecule has 6 nitrogen and oxygen atoms in total. The largest absolute Gasteiger partial charge is 0.444 e. The second-order valence-corrected chi connectivity index (χ2v) is 7.95. The molecule has 1 aliphatic rings. The van der Waals surface area contributed by atoms with Crippen LogP contribution in [0.5, 0.6) is 0 Å². The lowest BCUT2D eigenvalue weighted by molar-refractivity contribution is 0.0288. The van der Waals surface area contributed by atoms with Gasteiger partial charge in [0.2, 0.25) is 0 Å². The Morgan fingerprint density at radius 2 is 2.09 bits per heavy atom. The van der Waals surface area contributed by atoms with E-state index in [1.165, 1.54) is 16.2 Å². The van der Waals surface area contributed by atoms with Crippen LogP contribution in [0.4, 0.5) is 4.79 Å². The van der Waals surface area contributed by atoms with E-state index < -0.39 is 11.7 Å². The average Bonchev–Trinajstić information content (AvgIpc) is 2.95. The van der Waals surface area contributed by atoms with Gasteiger partial charge in [0, 0.05) is 19.1 Å². The third kappa shape index (κ3) is 4.34. The number of nitrogens with one attached hydrogen (secondary N) is 1. The monoisotopic (exact) mass is 345 g/mol. The van der Waals surface area contributed by atoms with E-state index in [2.05, 4.69) is 5.32 Å². The lowest BCUT2D eigenvalue weighted by Crippen LogP contribution is -2.46. The number of likely N-dealkylation sites (tertiary alicyclic amines) is 1. The zero-order chi connectivity index (χ0) is 16.5. The Bertz CT molecular complexity index is 570. The molecule has 0 bridgehead atoms. The van der Waals surface area contributed by atoms with Crippen LogP contribution in [-0.4, -0.2) is 47.7 Å². The molecule has 22 heavy (non-hydrogen) atoms. The quantitative estimate of drug-likeness (QED) is 0.859. The number of amides is 2. The van der Waals surface area contributed by atoms with Crippen LogP contribution in [-0.2, 0) is 4.74 Å². The smallest absolute Gasteiger partial charge is 0.410 e. The first kappa shape index (κ1) is 17.1. The van der Waals surface area contributed by atoms with Gasteiger partial charge in [-0.3, -0.25) is 4.79 Å². The van der Waals surface area contributed by atoms with Gasteiger partial charge < -0.3 is 20.7 Å². The average molecular weight is 346 g/mol. The number of hydrogen-bond acceptors (Lipinski definition) is 5. The van der Waals surface area contributed by atoms with Crippen LogP contribution in [0, 0.1) is 0 Å². The van der Waals surface area contributed by atoms with Crippen LogP contribution >= 0.6 is 22.9 Å². The van der Waals surface area contributed by atoms with Crippen LogP contribution in [0.2, 0.25) is 4.34 Å². The molecule has 2 heterocycles. The molecule has 8 heteroatoms. The van der Waals surface area contributed by atoms with E-state index in [-0.39, 0.29) is 18.0 Å². The number of nitrogens with zero attached hydrogens (tertiary/aromatic N) is 1. The summed E-state index contributed by atoms with van der Waals surface area (Å²) in [5.41, 5.74) is 5.46. The standard InChI is InChI=1S/C14H20ClN3O3S/c1-14(2,3)21-13(20)18-6-8(16)9(7-18)17-12(19)10-4-5-11(15)22-10/h4-5,8-9H,6-7,16H2,1-3H3,(H,17,19). The summed E-state index contributed by atoms with van der Waals surface area (Å²) in [5.74, 6) is -0.233. The highest BCUT2D eigenvalue weighted by Gasteiger charge is 2.36. The fourth-order valence-electron chi connectivity index (χ4n) is 2.13. The van der Waals surface area contributed by atoms with Crippen LogP contribution in [0.1, 0.15) is 30.4 Å². The maximum Gasteiger partial charge on any atom is 0.410 e. The lowest BCUT2D eigenvalue weighted by Gasteiger charge is -2.24. The van der Waals surface area contributed by atoms with E-state index in [0.29, 0.717) is 22.3 Å². The van der Waals surface area contributed by atoms with Crippen LogP contribution < -0.4 is 11.1 Å². The Morgan fingerprint density at radius 1 is 1.41 bits per heavy atom. The van der Waals surface area contributed by atoms with Crippen LogP contribution in [0.3, 0.4) is 0 Å². The molecule has 0 radical (unpaired) electrons. The third-order valence-corrected chi connectivity index (χ3v) is 4.36. The number of ether oxygens (including phenoxy) is 1. The van der Waals surface area contributed by atoms with Gasteiger partial charge in [-0.25, -0.2) is 4.79 Å². The van der Waals surface area contributed by atoms with Crippen molar-refractivity contribution in [2.45, 2.75) is 38.5 Å². The Hall–Kier alpha value is -1.31. The molecule has 0 spiro atoms. The summed E-state index contributed by atoms with van der Waals surface area (Å²) >= 11 is 7.02. The summed E-state index contributed by atoms with van der Waals surface area (Å²) in [6.07, 6.45) is -0.418. The zero-order valence-corrected chi connectivity index (χ0v) is 14.3.